The Morgan fingerprint density at radius 1 is 1.37 bits per heavy atom. The van der Waals surface area contributed by atoms with Crippen LogP contribution in [-0.2, 0) is 11.3 Å². The van der Waals surface area contributed by atoms with E-state index in [1.807, 2.05) is 12.1 Å². The van der Waals surface area contributed by atoms with Crippen LogP contribution >= 0.6 is 0 Å². The van der Waals surface area contributed by atoms with E-state index in [9.17, 15) is 9.90 Å². The van der Waals surface area contributed by atoms with Gasteiger partial charge in [-0.15, -0.1) is 12.3 Å². The lowest BCUT2D eigenvalue weighted by Crippen LogP contribution is -2.22. The Bertz CT molecular complexity index is 496. The fraction of sp³-hybridized carbons (Fsp3) is 0.286. The minimum Gasteiger partial charge on any atom is -0.481 e. The molecule has 1 rings (SSSR count). The van der Waals surface area contributed by atoms with Crippen LogP contribution in [-0.4, -0.2) is 17.0 Å². The number of carbonyl (C=O) groups is 1. The zero-order valence-corrected chi connectivity index (χ0v) is 10.5. The predicted octanol–water partition coefficient (Wildman–Crippen LogP) is 1.04. The molecule has 1 atom stereocenters. The van der Waals surface area contributed by atoms with Crippen LogP contribution in [0.3, 0.4) is 0 Å². The van der Waals surface area contributed by atoms with Crippen LogP contribution in [0, 0.1) is 12.3 Å². The van der Waals surface area contributed by atoms with Crippen molar-refractivity contribution in [1.29, 1.82) is 0 Å². The molecule has 5 nitrogen and oxygen atoms in total. The molecule has 19 heavy (non-hydrogen) atoms. The molecule has 0 fully saturated rings. The van der Waals surface area contributed by atoms with Gasteiger partial charge in [-0.25, -0.2) is 4.99 Å². The number of hydrogen-bond donors (Lipinski definition) is 3. The molecule has 0 radical (unpaired) electrons. The van der Waals surface area contributed by atoms with Crippen molar-refractivity contribution < 1.29 is 9.90 Å². The molecule has 1 aromatic rings. The van der Waals surface area contributed by atoms with Crippen LogP contribution < -0.4 is 11.5 Å². The largest absolute Gasteiger partial charge is 0.481 e. The van der Waals surface area contributed by atoms with E-state index in [1.54, 1.807) is 12.1 Å². The van der Waals surface area contributed by atoms with Gasteiger partial charge in [-0.05, 0) is 17.5 Å². The molecule has 0 aliphatic carbocycles. The number of guanidine groups is 1. The topological polar surface area (TPSA) is 102 Å². The number of aliphatic carboxylic acids is 1. The number of carboxylic acids is 1. The Morgan fingerprint density at radius 3 is 2.47 bits per heavy atom. The van der Waals surface area contributed by atoms with E-state index >= 15 is 0 Å². The fourth-order valence-electron chi connectivity index (χ4n) is 1.70. The molecule has 0 spiro atoms. The normalized spacial score (nSPS) is 11.3. The van der Waals surface area contributed by atoms with Gasteiger partial charge in [-0.3, -0.25) is 4.79 Å². The Labute approximate surface area is 112 Å². The van der Waals surface area contributed by atoms with E-state index in [0.29, 0.717) is 19.4 Å². The van der Waals surface area contributed by atoms with Crippen LogP contribution in [0.25, 0.3) is 0 Å². The molecule has 0 amide bonds. The third kappa shape index (κ3) is 4.72. The number of rotatable bonds is 6. The summed E-state index contributed by atoms with van der Waals surface area (Å²) in [5.74, 6) is 1.04. The second-order valence-electron chi connectivity index (χ2n) is 4.12. The average Bonchev–Trinajstić information content (AvgIpc) is 2.37. The second-order valence-corrected chi connectivity index (χ2v) is 4.12. The standard InChI is InChI=1S/C14H17N3O2/c1-2-3-4-12(13(18)19)11-7-5-10(6-8-11)9-17-14(15)16/h1,5-8,12H,3-4,9H2,(H,18,19)(H4,15,16,17)/t12-/m0/s1. The zero-order chi connectivity index (χ0) is 14.3. The van der Waals surface area contributed by atoms with Gasteiger partial charge in [0.05, 0.1) is 12.5 Å². The summed E-state index contributed by atoms with van der Waals surface area (Å²) in [4.78, 5) is 15.1. The van der Waals surface area contributed by atoms with Crippen LogP contribution in [0.5, 0.6) is 0 Å². The summed E-state index contributed by atoms with van der Waals surface area (Å²) in [6, 6.07) is 7.17. The maximum atomic E-state index is 11.2. The number of hydrogen-bond acceptors (Lipinski definition) is 2. The summed E-state index contributed by atoms with van der Waals surface area (Å²) in [6.07, 6.45) is 6.03. The van der Waals surface area contributed by atoms with Gasteiger partial charge in [-0.1, -0.05) is 24.3 Å². The first kappa shape index (κ1) is 14.6. The fourth-order valence-corrected chi connectivity index (χ4v) is 1.70. The van der Waals surface area contributed by atoms with Crippen LogP contribution in [0.4, 0.5) is 0 Å². The molecule has 0 saturated heterocycles. The minimum atomic E-state index is -0.868. The quantitative estimate of drug-likeness (QED) is 0.403. The Kier molecular flexibility index (Phi) is 5.42. The molecule has 0 aliphatic rings. The minimum absolute atomic E-state index is 0.0292. The Morgan fingerprint density at radius 2 is 2.00 bits per heavy atom. The summed E-state index contributed by atoms with van der Waals surface area (Å²) < 4.78 is 0. The van der Waals surface area contributed by atoms with E-state index < -0.39 is 11.9 Å². The van der Waals surface area contributed by atoms with Crippen LogP contribution in [0.15, 0.2) is 29.3 Å². The lowest BCUT2D eigenvalue weighted by molar-refractivity contribution is -0.138. The average molecular weight is 259 g/mol. The Balaban J connectivity index is 2.80. The Hall–Kier alpha value is -2.48. The second kappa shape index (κ2) is 7.07. The zero-order valence-electron chi connectivity index (χ0n) is 10.5. The molecule has 0 heterocycles. The molecule has 0 bridgehead atoms. The molecule has 0 saturated carbocycles. The highest BCUT2D eigenvalue weighted by Gasteiger charge is 2.18. The van der Waals surface area contributed by atoms with Crippen molar-refractivity contribution in [2.24, 2.45) is 16.5 Å². The summed E-state index contributed by atoms with van der Waals surface area (Å²) in [6.45, 7) is 0.380. The molecule has 1 aromatic carbocycles. The van der Waals surface area contributed by atoms with E-state index in [4.69, 9.17) is 17.9 Å². The van der Waals surface area contributed by atoms with Crippen molar-refractivity contribution in [3.63, 3.8) is 0 Å². The highest BCUT2D eigenvalue weighted by atomic mass is 16.4. The van der Waals surface area contributed by atoms with Crippen molar-refractivity contribution in [2.75, 3.05) is 0 Å². The molecular weight excluding hydrogens is 242 g/mol. The van der Waals surface area contributed by atoms with Crippen LogP contribution in [0.1, 0.15) is 29.9 Å². The summed E-state index contributed by atoms with van der Waals surface area (Å²) in [5.41, 5.74) is 12.1. The van der Waals surface area contributed by atoms with Crippen molar-refractivity contribution in [3.05, 3.63) is 35.4 Å². The van der Waals surface area contributed by atoms with Gasteiger partial charge in [-0.2, -0.15) is 0 Å². The number of terminal acetylenes is 1. The van der Waals surface area contributed by atoms with Gasteiger partial charge < -0.3 is 16.6 Å². The molecule has 100 valence electrons. The summed E-state index contributed by atoms with van der Waals surface area (Å²) in [5, 5.41) is 9.18. The highest BCUT2D eigenvalue weighted by molar-refractivity contribution is 5.76. The first-order chi connectivity index (χ1) is 9.04. The van der Waals surface area contributed by atoms with E-state index in [1.165, 1.54) is 0 Å². The predicted molar refractivity (Wildman–Crippen MR) is 74.4 cm³/mol. The number of nitrogens with zero attached hydrogens (tertiary/aromatic N) is 1. The highest BCUT2D eigenvalue weighted by Crippen LogP contribution is 2.22. The maximum absolute atomic E-state index is 11.2. The summed E-state index contributed by atoms with van der Waals surface area (Å²) in [7, 11) is 0. The van der Waals surface area contributed by atoms with Crippen LogP contribution in [0.2, 0.25) is 0 Å². The van der Waals surface area contributed by atoms with Crippen molar-refractivity contribution >= 4 is 11.9 Å². The van der Waals surface area contributed by atoms with Gasteiger partial charge in [0.2, 0.25) is 0 Å². The SMILES string of the molecule is C#CCC[C@H](C(=O)O)c1ccc(CN=C(N)N)cc1. The smallest absolute Gasteiger partial charge is 0.311 e. The maximum Gasteiger partial charge on any atom is 0.311 e. The molecule has 0 aromatic heterocycles. The molecular formula is C14H17N3O2. The molecule has 0 aliphatic heterocycles. The van der Waals surface area contributed by atoms with Gasteiger partial charge in [0.1, 0.15) is 0 Å². The van der Waals surface area contributed by atoms with E-state index in [0.717, 1.165) is 11.1 Å². The summed E-state index contributed by atoms with van der Waals surface area (Å²) >= 11 is 0. The molecule has 5 heteroatoms. The van der Waals surface area contributed by atoms with Crippen molar-refractivity contribution in [1.82, 2.24) is 0 Å². The monoisotopic (exact) mass is 259 g/mol. The van der Waals surface area contributed by atoms with E-state index in [2.05, 4.69) is 10.9 Å². The number of benzene rings is 1. The molecule has 0 unspecified atom stereocenters. The third-order valence-electron chi connectivity index (χ3n) is 2.70. The van der Waals surface area contributed by atoms with Gasteiger partial charge in [0.15, 0.2) is 5.96 Å². The number of carboxylic acid groups (broad SMARTS) is 1. The van der Waals surface area contributed by atoms with Crippen molar-refractivity contribution in [2.45, 2.75) is 25.3 Å². The van der Waals surface area contributed by atoms with Gasteiger partial charge in [0, 0.05) is 6.42 Å². The third-order valence-corrected chi connectivity index (χ3v) is 2.70. The van der Waals surface area contributed by atoms with Crippen molar-refractivity contribution in [3.8, 4) is 12.3 Å². The first-order valence-electron chi connectivity index (χ1n) is 5.85. The number of nitrogens with two attached hydrogens (primary N) is 2. The lowest BCUT2D eigenvalue weighted by Gasteiger charge is -2.11. The molecule has 5 N–H and O–H groups in total. The lowest BCUT2D eigenvalue weighted by atomic mass is 9.94. The number of aliphatic imine (C=N–C) groups is 1. The van der Waals surface area contributed by atoms with E-state index in [-0.39, 0.29) is 5.96 Å². The first-order valence-corrected chi connectivity index (χ1v) is 5.85. The van der Waals surface area contributed by atoms with Gasteiger partial charge >= 0.3 is 5.97 Å². The van der Waals surface area contributed by atoms with Gasteiger partial charge in [0.25, 0.3) is 0 Å².